The minimum Gasteiger partial charge on any atom is -0.386 e. The third-order valence-electron chi connectivity index (χ3n) is 6.52. The van der Waals surface area contributed by atoms with Gasteiger partial charge < -0.3 is 10.4 Å². The van der Waals surface area contributed by atoms with Crippen molar-refractivity contribution in [3.8, 4) is 0 Å². The van der Waals surface area contributed by atoms with Crippen molar-refractivity contribution in [2.75, 3.05) is 5.32 Å². The summed E-state index contributed by atoms with van der Waals surface area (Å²) in [6.45, 7) is 3.22. The van der Waals surface area contributed by atoms with Crippen molar-refractivity contribution in [3.63, 3.8) is 0 Å². The van der Waals surface area contributed by atoms with Crippen LogP contribution in [0.25, 0.3) is 0 Å². The number of nitrogens with one attached hydrogen (secondary N) is 3. The molecule has 0 aromatic heterocycles. The van der Waals surface area contributed by atoms with Crippen LogP contribution in [0.15, 0.2) is 29.2 Å². The van der Waals surface area contributed by atoms with E-state index in [1.165, 1.54) is 34.4 Å². The Kier molecular flexibility index (Phi) is 4.50. The molecule has 0 saturated carbocycles. The highest BCUT2D eigenvalue weighted by Gasteiger charge is 2.36. The SMILES string of the molecule is CC(C)(O)c1ccc2c(c1)[SH](=O)(NC(=O)Nc1c3c(cc4c1CCC4)CCC3)NC2=O. The molecular weight excluding hydrogens is 414 g/mol. The predicted molar refractivity (Wildman–Crippen MR) is 120 cm³/mol. The average molecular weight is 442 g/mol. The van der Waals surface area contributed by atoms with Crippen LogP contribution in [0.1, 0.15) is 64.9 Å². The summed E-state index contributed by atoms with van der Waals surface area (Å²) < 4.78 is 18.6. The molecule has 3 aliphatic rings. The summed E-state index contributed by atoms with van der Waals surface area (Å²) in [5.41, 5.74) is 5.38. The molecule has 0 atom stereocenters. The molecule has 8 heteroatoms. The van der Waals surface area contributed by atoms with E-state index in [9.17, 15) is 18.9 Å². The summed E-state index contributed by atoms with van der Waals surface area (Å²) in [4.78, 5) is 25.6. The predicted octanol–water partition coefficient (Wildman–Crippen LogP) is 2.66. The van der Waals surface area contributed by atoms with Crippen molar-refractivity contribution in [2.24, 2.45) is 0 Å². The van der Waals surface area contributed by atoms with Gasteiger partial charge in [-0.15, -0.1) is 0 Å². The zero-order chi connectivity index (χ0) is 22.0. The smallest absolute Gasteiger partial charge is 0.331 e. The largest absolute Gasteiger partial charge is 0.386 e. The number of thiol groups is 1. The highest BCUT2D eigenvalue weighted by Crippen LogP contribution is 2.39. The topological polar surface area (TPSA) is 108 Å². The summed E-state index contributed by atoms with van der Waals surface area (Å²) in [6.07, 6.45) is 6.00. The molecule has 4 N–H and O–H groups in total. The number of anilines is 1. The Morgan fingerprint density at radius 1 is 1.06 bits per heavy atom. The number of fused-ring (bicyclic) bond motifs is 3. The van der Waals surface area contributed by atoms with Crippen molar-refractivity contribution < 1.29 is 18.9 Å². The lowest BCUT2D eigenvalue weighted by Crippen LogP contribution is -2.46. The number of rotatable bonds is 3. The van der Waals surface area contributed by atoms with E-state index in [0.29, 0.717) is 5.56 Å². The molecule has 0 fully saturated rings. The van der Waals surface area contributed by atoms with E-state index in [1.54, 1.807) is 19.9 Å². The fourth-order valence-corrected chi connectivity index (χ4v) is 6.85. The van der Waals surface area contributed by atoms with Gasteiger partial charge in [0.15, 0.2) is 0 Å². The van der Waals surface area contributed by atoms with Gasteiger partial charge in [-0.1, -0.05) is 12.1 Å². The van der Waals surface area contributed by atoms with E-state index in [0.717, 1.165) is 44.2 Å². The van der Waals surface area contributed by atoms with E-state index < -0.39 is 27.8 Å². The maximum atomic E-state index is 13.6. The van der Waals surface area contributed by atoms with Crippen LogP contribution in [-0.2, 0) is 41.6 Å². The summed E-state index contributed by atoms with van der Waals surface area (Å²) in [5.74, 6) is -0.498. The van der Waals surface area contributed by atoms with Crippen molar-refractivity contribution in [1.82, 2.24) is 9.44 Å². The van der Waals surface area contributed by atoms with Gasteiger partial charge >= 0.3 is 6.03 Å². The van der Waals surface area contributed by atoms with Crippen LogP contribution in [0.2, 0.25) is 0 Å². The molecular formula is C23H27N3O4S. The summed E-state index contributed by atoms with van der Waals surface area (Å²) in [6, 6.07) is 6.38. The second kappa shape index (κ2) is 6.90. The molecule has 0 bridgehead atoms. The van der Waals surface area contributed by atoms with Crippen LogP contribution >= 0.6 is 0 Å². The van der Waals surface area contributed by atoms with Crippen LogP contribution in [0.5, 0.6) is 0 Å². The molecule has 5 rings (SSSR count). The molecule has 0 saturated heterocycles. The minimum absolute atomic E-state index is 0.218. The first-order valence-corrected chi connectivity index (χ1v) is 12.4. The molecule has 0 spiro atoms. The van der Waals surface area contributed by atoms with E-state index in [2.05, 4.69) is 20.8 Å². The van der Waals surface area contributed by atoms with Gasteiger partial charge in [0.05, 0.1) is 26.4 Å². The fourth-order valence-electron chi connectivity index (χ4n) is 4.97. The molecule has 1 aliphatic heterocycles. The number of benzene rings is 2. The molecule has 7 nitrogen and oxygen atoms in total. The number of hydrogen-bond acceptors (Lipinski definition) is 4. The molecule has 1 heterocycles. The lowest BCUT2D eigenvalue weighted by molar-refractivity contribution is 0.0782. The van der Waals surface area contributed by atoms with Crippen LogP contribution in [0.3, 0.4) is 0 Å². The first kappa shape index (κ1) is 20.2. The first-order valence-electron chi connectivity index (χ1n) is 10.7. The van der Waals surface area contributed by atoms with Gasteiger partial charge in [0, 0.05) is 5.69 Å². The quantitative estimate of drug-likeness (QED) is 0.472. The second-order valence-electron chi connectivity index (χ2n) is 9.14. The van der Waals surface area contributed by atoms with E-state index in [1.807, 2.05) is 0 Å². The average Bonchev–Trinajstić information content (AvgIpc) is 3.39. The maximum Gasteiger partial charge on any atom is 0.331 e. The zero-order valence-corrected chi connectivity index (χ0v) is 18.6. The number of aryl methyl sites for hydroxylation is 2. The van der Waals surface area contributed by atoms with Gasteiger partial charge in [-0.05, 0) is 92.3 Å². The Balaban J connectivity index is 1.46. The maximum absolute atomic E-state index is 13.6. The Hall–Kier alpha value is -2.71. The lowest BCUT2D eigenvalue weighted by atomic mass is 9.97. The number of hydrogen-bond donors (Lipinski definition) is 5. The zero-order valence-electron chi connectivity index (χ0n) is 17.7. The van der Waals surface area contributed by atoms with Gasteiger partial charge in [0.2, 0.25) is 0 Å². The fraction of sp³-hybridized carbons (Fsp3) is 0.391. The van der Waals surface area contributed by atoms with Crippen LogP contribution in [-0.4, -0.2) is 21.3 Å². The van der Waals surface area contributed by atoms with Crippen molar-refractivity contribution in [3.05, 3.63) is 57.6 Å². The molecule has 2 aromatic carbocycles. The Morgan fingerprint density at radius 3 is 2.32 bits per heavy atom. The molecule has 0 unspecified atom stereocenters. The van der Waals surface area contributed by atoms with Crippen molar-refractivity contribution in [2.45, 2.75) is 62.9 Å². The van der Waals surface area contributed by atoms with Crippen LogP contribution in [0.4, 0.5) is 10.5 Å². The van der Waals surface area contributed by atoms with Crippen molar-refractivity contribution in [1.29, 1.82) is 0 Å². The highest BCUT2D eigenvalue weighted by molar-refractivity contribution is 8.01. The molecule has 31 heavy (non-hydrogen) atoms. The normalized spacial score (nSPS) is 19.3. The van der Waals surface area contributed by atoms with Crippen molar-refractivity contribution >= 4 is 27.9 Å². The number of carbonyl (C=O) groups is 2. The lowest BCUT2D eigenvalue weighted by Gasteiger charge is -2.24. The molecule has 2 aromatic rings. The van der Waals surface area contributed by atoms with Gasteiger partial charge in [0.1, 0.15) is 0 Å². The molecule has 164 valence electrons. The van der Waals surface area contributed by atoms with E-state index >= 15 is 0 Å². The third-order valence-corrected chi connectivity index (χ3v) is 8.60. The summed E-state index contributed by atoms with van der Waals surface area (Å²) in [5, 5.41) is 13.3. The van der Waals surface area contributed by atoms with Gasteiger partial charge in [-0.3, -0.25) is 14.2 Å². The first-order chi connectivity index (χ1) is 14.7. The van der Waals surface area contributed by atoms with E-state index in [4.69, 9.17) is 0 Å². The third kappa shape index (κ3) is 3.34. The summed E-state index contributed by atoms with van der Waals surface area (Å²) >= 11 is 0. The number of amides is 3. The molecule has 3 amide bonds. The highest BCUT2D eigenvalue weighted by atomic mass is 32.3. The molecule has 0 radical (unpaired) electrons. The Labute approximate surface area is 182 Å². The number of carbonyl (C=O) groups excluding carboxylic acids is 2. The standard InChI is InChI=1S/C23H27N3O4S/c1-23(2,29)15-9-10-18-19(12-15)31(30,25-21(18)27)26-22(28)24-20-16-7-3-5-13(16)11-14-6-4-8-17(14)20/h9-12,29,31H,3-8H2,1-2H3,(H3,24,25,26,27,28,30). The Morgan fingerprint density at radius 2 is 1.71 bits per heavy atom. The van der Waals surface area contributed by atoms with Crippen LogP contribution in [0, 0.1) is 0 Å². The van der Waals surface area contributed by atoms with Crippen LogP contribution < -0.4 is 14.8 Å². The second-order valence-corrected chi connectivity index (χ2v) is 11.3. The monoisotopic (exact) mass is 441 g/mol. The number of urea groups is 1. The summed E-state index contributed by atoms with van der Waals surface area (Å²) in [7, 11) is -3.72. The van der Waals surface area contributed by atoms with Gasteiger partial charge in [-0.25, -0.2) is 9.00 Å². The van der Waals surface area contributed by atoms with Gasteiger partial charge in [-0.2, -0.15) is 0 Å². The number of aliphatic hydroxyl groups is 1. The Bertz CT molecular complexity index is 1150. The molecule has 2 aliphatic carbocycles. The van der Waals surface area contributed by atoms with E-state index in [-0.39, 0.29) is 10.5 Å². The van der Waals surface area contributed by atoms with Gasteiger partial charge in [0.25, 0.3) is 5.91 Å². The minimum atomic E-state index is -3.72.